The first-order chi connectivity index (χ1) is 8.27. The van der Waals surface area contributed by atoms with Gasteiger partial charge in [-0.05, 0) is 51.0 Å². The van der Waals surface area contributed by atoms with Crippen LogP contribution in [-0.4, -0.2) is 37.1 Å². The Labute approximate surface area is 115 Å². The molecule has 1 rings (SSSR count). The van der Waals surface area contributed by atoms with Crippen molar-refractivity contribution in [2.24, 2.45) is 17.3 Å². The van der Waals surface area contributed by atoms with Crippen molar-refractivity contribution < 1.29 is 0 Å². The highest BCUT2D eigenvalue weighted by atomic mass is 15.2. The van der Waals surface area contributed by atoms with Crippen LogP contribution in [0.25, 0.3) is 0 Å². The van der Waals surface area contributed by atoms with E-state index in [1.807, 2.05) is 0 Å². The monoisotopic (exact) mass is 254 g/mol. The Hall–Kier alpha value is -0.0800. The summed E-state index contributed by atoms with van der Waals surface area (Å²) in [6.45, 7) is 16.6. The summed E-state index contributed by atoms with van der Waals surface area (Å²) in [7, 11) is 2.13. The SMILES string of the molecule is CNC1C(CN(CC(C)C)C(C)C)CCC1(C)C. The second kappa shape index (κ2) is 6.38. The van der Waals surface area contributed by atoms with Crippen molar-refractivity contribution in [3.63, 3.8) is 0 Å². The fourth-order valence-electron chi connectivity index (χ4n) is 3.61. The van der Waals surface area contributed by atoms with Crippen molar-refractivity contribution in [2.45, 2.75) is 66.5 Å². The number of hydrogen-bond donors (Lipinski definition) is 1. The van der Waals surface area contributed by atoms with Crippen LogP contribution in [-0.2, 0) is 0 Å². The topological polar surface area (TPSA) is 15.3 Å². The number of nitrogens with one attached hydrogen (secondary N) is 1. The fourth-order valence-corrected chi connectivity index (χ4v) is 3.61. The minimum atomic E-state index is 0.458. The molecular weight excluding hydrogens is 220 g/mol. The summed E-state index contributed by atoms with van der Waals surface area (Å²) in [5.41, 5.74) is 0.458. The van der Waals surface area contributed by atoms with Gasteiger partial charge in [0.05, 0.1) is 0 Å². The molecule has 0 aliphatic heterocycles. The molecule has 0 bridgehead atoms. The van der Waals surface area contributed by atoms with Gasteiger partial charge in [0.1, 0.15) is 0 Å². The molecule has 0 aromatic heterocycles. The van der Waals surface area contributed by atoms with Gasteiger partial charge >= 0.3 is 0 Å². The van der Waals surface area contributed by atoms with Crippen LogP contribution in [0.15, 0.2) is 0 Å². The highest BCUT2D eigenvalue weighted by Gasteiger charge is 2.41. The zero-order valence-corrected chi connectivity index (χ0v) is 13.6. The second-order valence-corrected chi connectivity index (χ2v) is 7.50. The lowest BCUT2D eigenvalue weighted by Crippen LogP contribution is -2.46. The van der Waals surface area contributed by atoms with Gasteiger partial charge in [0, 0.05) is 25.2 Å². The van der Waals surface area contributed by atoms with Gasteiger partial charge in [-0.3, -0.25) is 0 Å². The Morgan fingerprint density at radius 1 is 1.22 bits per heavy atom. The molecule has 1 aliphatic carbocycles. The third kappa shape index (κ3) is 3.96. The molecule has 0 saturated heterocycles. The predicted octanol–water partition coefficient (Wildman–Crippen LogP) is 3.38. The number of nitrogens with zero attached hydrogens (tertiary/aromatic N) is 1. The minimum Gasteiger partial charge on any atom is -0.316 e. The van der Waals surface area contributed by atoms with Gasteiger partial charge in [0.2, 0.25) is 0 Å². The van der Waals surface area contributed by atoms with E-state index in [0.29, 0.717) is 17.5 Å². The molecule has 2 nitrogen and oxygen atoms in total. The van der Waals surface area contributed by atoms with Crippen LogP contribution >= 0.6 is 0 Å². The molecule has 1 N–H and O–H groups in total. The maximum atomic E-state index is 3.58. The molecule has 2 unspecified atom stereocenters. The summed E-state index contributed by atoms with van der Waals surface area (Å²) < 4.78 is 0. The summed E-state index contributed by atoms with van der Waals surface area (Å²) >= 11 is 0. The first-order valence-electron chi connectivity index (χ1n) is 7.69. The number of rotatable bonds is 6. The molecule has 0 amide bonds. The zero-order chi connectivity index (χ0) is 13.9. The quantitative estimate of drug-likeness (QED) is 0.782. The zero-order valence-electron chi connectivity index (χ0n) is 13.6. The third-order valence-electron chi connectivity index (χ3n) is 4.58. The molecule has 0 spiro atoms. The normalized spacial score (nSPS) is 27.7. The van der Waals surface area contributed by atoms with E-state index in [0.717, 1.165) is 11.8 Å². The molecule has 1 fully saturated rings. The van der Waals surface area contributed by atoms with Gasteiger partial charge in [-0.15, -0.1) is 0 Å². The van der Waals surface area contributed by atoms with Gasteiger partial charge in [0.15, 0.2) is 0 Å². The molecule has 0 radical (unpaired) electrons. The van der Waals surface area contributed by atoms with Crippen LogP contribution in [0.1, 0.15) is 54.4 Å². The van der Waals surface area contributed by atoms with Crippen molar-refractivity contribution in [3.8, 4) is 0 Å². The summed E-state index contributed by atoms with van der Waals surface area (Å²) in [6.07, 6.45) is 2.73. The highest BCUT2D eigenvalue weighted by molar-refractivity contribution is 4.96. The minimum absolute atomic E-state index is 0.458. The van der Waals surface area contributed by atoms with Crippen LogP contribution in [0.3, 0.4) is 0 Å². The van der Waals surface area contributed by atoms with Crippen molar-refractivity contribution in [1.82, 2.24) is 10.2 Å². The van der Waals surface area contributed by atoms with E-state index in [2.05, 4.69) is 58.8 Å². The number of hydrogen-bond acceptors (Lipinski definition) is 2. The van der Waals surface area contributed by atoms with Crippen LogP contribution in [0, 0.1) is 17.3 Å². The average Bonchev–Trinajstić information content (AvgIpc) is 2.51. The van der Waals surface area contributed by atoms with Crippen molar-refractivity contribution in [2.75, 3.05) is 20.1 Å². The lowest BCUT2D eigenvalue weighted by molar-refractivity contribution is 0.146. The standard InChI is InChI=1S/C16H34N2/c1-12(2)10-18(13(3)4)11-14-8-9-16(5,6)15(14)17-7/h12-15,17H,8-11H2,1-7H3. The second-order valence-electron chi connectivity index (χ2n) is 7.50. The molecular formula is C16H34N2. The summed E-state index contributed by atoms with van der Waals surface area (Å²) in [4.78, 5) is 2.67. The molecule has 1 aliphatic rings. The smallest absolute Gasteiger partial charge is 0.0156 e. The van der Waals surface area contributed by atoms with E-state index in [1.165, 1.54) is 25.9 Å². The Morgan fingerprint density at radius 3 is 2.28 bits per heavy atom. The van der Waals surface area contributed by atoms with Gasteiger partial charge in [-0.1, -0.05) is 27.7 Å². The molecule has 108 valence electrons. The van der Waals surface area contributed by atoms with Crippen molar-refractivity contribution >= 4 is 0 Å². The lowest BCUT2D eigenvalue weighted by atomic mass is 9.84. The van der Waals surface area contributed by atoms with E-state index in [1.54, 1.807) is 0 Å². The molecule has 2 heteroatoms. The molecule has 1 saturated carbocycles. The van der Waals surface area contributed by atoms with Crippen LogP contribution in [0.4, 0.5) is 0 Å². The Kier molecular flexibility index (Phi) is 5.67. The van der Waals surface area contributed by atoms with E-state index in [-0.39, 0.29) is 0 Å². The molecule has 0 aromatic carbocycles. The van der Waals surface area contributed by atoms with Crippen molar-refractivity contribution in [3.05, 3.63) is 0 Å². The summed E-state index contributed by atoms with van der Waals surface area (Å²) in [6, 6.07) is 1.33. The van der Waals surface area contributed by atoms with Gasteiger partial charge in [-0.25, -0.2) is 0 Å². The first-order valence-corrected chi connectivity index (χ1v) is 7.69. The third-order valence-corrected chi connectivity index (χ3v) is 4.58. The van der Waals surface area contributed by atoms with Gasteiger partial charge in [0.25, 0.3) is 0 Å². The Bertz CT molecular complexity index is 245. The fraction of sp³-hybridized carbons (Fsp3) is 1.00. The van der Waals surface area contributed by atoms with Crippen molar-refractivity contribution in [1.29, 1.82) is 0 Å². The lowest BCUT2D eigenvalue weighted by Gasteiger charge is -2.35. The van der Waals surface area contributed by atoms with E-state index < -0.39 is 0 Å². The molecule has 18 heavy (non-hydrogen) atoms. The molecule has 2 atom stereocenters. The van der Waals surface area contributed by atoms with Crippen LogP contribution in [0.2, 0.25) is 0 Å². The molecule has 0 aromatic rings. The average molecular weight is 254 g/mol. The largest absolute Gasteiger partial charge is 0.316 e. The summed E-state index contributed by atoms with van der Waals surface area (Å²) in [5.74, 6) is 1.57. The van der Waals surface area contributed by atoms with E-state index in [4.69, 9.17) is 0 Å². The maximum Gasteiger partial charge on any atom is 0.0156 e. The first kappa shape index (κ1) is 16.0. The Morgan fingerprint density at radius 2 is 1.83 bits per heavy atom. The Balaban J connectivity index is 2.64. The van der Waals surface area contributed by atoms with E-state index in [9.17, 15) is 0 Å². The highest BCUT2D eigenvalue weighted by Crippen LogP contribution is 2.41. The molecule has 0 heterocycles. The van der Waals surface area contributed by atoms with Gasteiger partial charge in [-0.2, -0.15) is 0 Å². The van der Waals surface area contributed by atoms with Crippen LogP contribution < -0.4 is 5.32 Å². The maximum absolute atomic E-state index is 3.58. The van der Waals surface area contributed by atoms with Crippen LogP contribution in [0.5, 0.6) is 0 Å². The predicted molar refractivity (Wildman–Crippen MR) is 80.9 cm³/mol. The summed E-state index contributed by atoms with van der Waals surface area (Å²) in [5, 5.41) is 3.58. The van der Waals surface area contributed by atoms with E-state index >= 15 is 0 Å². The van der Waals surface area contributed by atoms with Gasteiger partial charge < -0.3 is 10.2 Å².